The highest BCUT2D eigenvalue weighted by Gasteiger charge is 2.27. The van der Waals surface area contributed by atoms with Crippen LogP contribution in [-0.2, 0) is 9.84 Å². The Balaban J connectivity index is 2.75. The van der Waals surface area contributed by atoms with Crippen molar-refractivity contribution < 1.29 is 8.42 Å². The standard InChI is InChI=1S/C8H8O2S2/c1-6-2-3-7-4-5-11-8(7)12(6,9)10/h2-6H,1H3. The molecular weight excluding hydrogens is 192 g/mol. The largest absolute Gasteiger partial charge is 0.222 e. The molecule has 4 heteroatoms. The lowest BCUT2D eigenvalue weighted by Gasteiger charge is -2.12. The first kappa shape index (κ1) is 8.01. The maximum Gasteiger partial charge on any atom is 0.194 e. The van der Waals surface area contributed by atoms with Gasteiger partial charge in [0.05, 0.1) is 5.25 Å². The third-order valence-corrected chi connectivity index (χ3v) is 5.55. The quantitative estimate of drug-likeness (QED) is 0.641. The minimum atomic E-state index is -3.05. The molecule has 1 atom stereocenters. The van der Waals surface area contributed by atoms with E-state index in [1.807, 2.05) is 17.5 Å². The number of thiophene rings is 1. The molecule has 0 radical (unpaired) electrons. The molecule has 0 bridgehead atoms. The lowest BCUT2D eigenvalue weighted by atomic mass is 10.3. The molecule has 0 N–H and O–H groups in total. The van der Waals surface area contributed by atoms with E-state index in [-0.39, 0.29) is 5.25 Å². The minimum Gasteiger partial charge on any atom is -0.222 e. The van der Waals surface area contributed by atoms with Gasteiger partial charge in [-0.05, 0) is 18.4 Å². The van der Waals surface area contributed by atoms with Crippen molar-refractivity contribution in [1.29, 1.82) is 0 Å². The summed E-state index contributed by atoms with van der Waals surface area (Å²) in [7, 11) is -3.05. The molecular formula is C8H8O2S2. The van der Waals surface area contributed by atoms with E-state index in [1.165, 1.54) is 11.3 Å². The molecule has 1 aromatic heterocycles. The van der Waals surface area contributed by atoms with Crippen molar-refractivity contribution in [3.8, 4) is 0 Å². The molecule has 2 heterocycles. The third-order valence-electron chi connectivity index (χ3n) is 1.95. The number of rotatable bonds is 0. The lowest BCUT2D eigenvalue weighted by Crippen LogP contribution is -2.17. The fourth-order valence-electron chi connectivity index (χ4n) is 1.17. The van der Waals surface area contributed by atoms with E-state index in [9.17, 15) is 8.42 Å². The molecule has 1 unspecified atom stereocenters. The molecule has 2 rings (SSSR count). The van der Waals surface area contributed by atoms with Crippen LogP contribution < -0.4 is 0 Å². The van der Waals surface area contributed by atoms with Gasteiger partial charge in [0.2, 0.25) is 0 Å². The molecule has 1 aliphatic rings. The Kier molecular flexibility index (Phi) is 1.63. The molecule has 0 spiro atoms. The van der Waals surface area contributed by atoms with Crippen LogP contribution >= 0.6 is 11.3 Å². The van der Waals surface area contributed by atoms with E-state index in [1.54, 1.807) is 13.0 Å². The second kappa shape index (κ2) is 2.44. The Labute approximate surface area is 75.5 Å². The fraction of sp³-hybridized carbons (Fsp3) is 0.250. The van der Waals surface area contributed by atoms with Crippen LogP contribution in [0.25, 0.3) is 6.08 Å². The maximum atomic E-state index is 11.6. The highest BCUT2D eigenvalue weighted by molar-refractivity contribution is 7.94. The highest BCUT2D eigenvalue weighted by atomic mass is 32.2. The topological polar surface area (TPSA) is 34.1 Å². The normalized spacial score (nSPS) is 25.2. The summed E-state index contributed by atoms with van der Waals surface area (Å²) in [4.78, 5) is 0. The Bertz CT molecular complexity index is 426. The number of hydrogen-bond acceptors (Lipinski definition) is 3. The smallest absolute Gasteiger partial charge is 0.194 e. The maximum absolute atomic E-state index is 11.6. The summed E-state index contributed by atoms with van der Waals surface area (Å²) in [5.41, 5.74) is 0.832. The lowest BCUT2D eigenvalue weighted by molar-refractivity contribution is 0.592. The fourth-order valence-corrected chi connectivity index (χ4v) is 4.03. The average molecular weight is 200 g/mol. The van der Waals surface area contributed by atoms with Gasteiger partial charge in [-0.1, -0.05) is 12.2 Å². The SMILES string of the molecule is CC1C=Cc2ccsc2S1(=O)=O. The predicted molar refractivity (Wildman–Crippen MR) is 50.0 cm³/mol. The van der Waals surface area contributed by atoms with E-state index in [0.717, 1.165) is 5.56 Å². The average Bonchev–Trinajstić information content (AvgIpc) is 2.46. The van der Waals surface area contributed by atoms with Crippen molar-refractivity contribution in [1.82, 2.24) is 0 Å². The second-order valence-electron chi connectivity index (χ2n) is 2.77. The first-order chi connectivity index (χ1) is 5.62. The Morgan fingerprint density at radius 2 is 2.25 bits per heavy atom. The third kappa shape index (κ3) is 0.949. The van der Waals surface area contributed by atoms with Crippen molar-refractivity contribution in [3.63, 3.8) is 0 Å². The number of sulfone groups is 1. The van der Waals surface area contributed by atoms with Crippen LogP contribution in [0.3, 0.4) is 0 Å². The van der Waals surface area contributed by atoms with Crippen molar-refractivity contribution in [2.45, 2.75) is 16.4 Å². The molecule has 0 aromatic carbocycles. The molecule has 12 heavy (non-hydrogen) atoms. The summed E-state index contributed by atoms with van der Waals surface area (Å²) in [6.45, 7) is 1.70. The van der Waals surface area contributed by atoms with Crippen LogP contribution in [0.4, 0.5) is 0 Å². The van der Waals surface area contributed by atoms with Gasteiger partial charge in [-0.3, -0.25) is 0 Å². The molecule has 0 saturated heterocycles. The van der Waals surface area contributed by atoms with Crippen molar-refractivity contribution in [3.05, 3.63) is 23.1 Å². The zero-order valence-electron chi connectivity index (χ0n) is 6.52. The van der Waals surface area contributed by atoms with E-state index < -0.39 is 9.84 Å². The Morgan fingerprint density at radius 3 is 3.00 bits per heavy atom. The zero-order valence-corrected chi connectivity index (χ0v) is 8.15. The molecule has 64 valence electrons. The first-order valence-corrected chi connectivity index (χ1v) is 6.04. The van der Waals surface area contributed by atoms with Crippen LogP contribution in [0, 0.1) is 0 Å². The Morgan fingerprint density at radius 1 is 1.50 bits per heavy atom. The summed E-state index contributed by atoms with van der Waals surface area (Å²) in [5.74, 6) is 0. The molecule has 0 aliphatic carbocycles. The number of fused-ring (bicyclic) bond motifs is 1. The molecule has 0 saturated carbocycles. The van der Waals surface area contributed by atoms with Gasteiger partial charge in [-0.15, -0.1) is 11.3 Å². The predicted octanol–water partition coefficient (Wildman–Crippen LogP) is 1.94. The van der Waals surface area contributed by atoms with Crippen LogP contribution in [0.15, 0.2) is 21.7 Å². The van der Waals surface area contributed by atoms with Crippen LogP contribution in [0.5, 0.6) is 0 Å². The summed E-state index contributed by atoms with van der Waals surface area (Å²) >= 11 is 1.30. The van der Waals surface area contributed by atoms with Crippen molar-refractivity contribution >= 4 is 27.3 Å². The van der Waals surface area contributed by atoms with Gasteiger partial charge in [0.1, 0.15) is 4.21 Å². The molecule has 2 nitrogen and oxygen atoms in total. The summed E-state index contributed by atoms with van der Waals surface area (Å²) in [5, 5.41) is 1.44. The minimum absolute atomic E-state index is 0.372. The van der Waals surface area contributed by atoms with Gasteiger partial charge in [0, 0.05) is 5.56 Å². The van der Waals surface area contributed by atoms with Gasteiger partial charge < -0.3 is 0 Å². The van der Waals surface area contributed by atoms with Crippen LogP contribution in [-0.4, -0.2) is 13.7 Å². The summed E-state index contributed by atoms with van der Waals surface area (Å²) in [6, 6.07) is 1.83. The van der Waals surface area contributed by atoms with Gasteiger partial charge in [0.15, 0.2) is 9.84 Å². The first-order valence-electron chi connectivity index (χ1n) is 3.62. The van der Waals surface area contributed by atoms with Crippen LogP contribution in [0.2, 0.25) is 0 Å². The Hall–Kier alpha value is -0.610. The highest BCUT2D eigenvalue weighted by Crippen LogP contribution is 2.31. The molecule has 0 fully saturated rings. The monoisotopic (exact) mass is 200 g/mol. The molecule has 1 aromatic rings. The van der Waals surface area contributed by atoms with E-state index in [4.69, 9.17) is 0 Å². The summed E-state index contributed by atoms with van der Waals surface area (Å²) < 4.78 is 23.8. The van der Waals surface area contributed by atoms with Crippen molar-refractivity contribution in [2.75, 3.05) is 0 Å². The van der Waals surface area contributed by atoms with Crippen LogP contribution in [0.1, 0.15) is 12.5 Å². The van der Waals surface area contributed by atoms with Gasteiger partial charge in [-0.25, -0.2) is 8.42 Å². The summed E-state index contributed by atoms with van der Waals surface area (Å²) in [6.07, 6.45) is 3.60. The van der Waals surface area contributed by atoms with E-state index >= 15 is 0 Å². The zero-order chi connectivity index (χ0) is 8.77. The van der Waals surface area contributed by atoms with Crippen molar-refractivity contribution in [2.24, 2.45) is 0 Å². The molecule has 1 aliphatic heterocycles. The van der Waals surface area contributed by atoms with Gasteiger partial charge in [0.25, 0.3) is 0 Å². The van der Waals surface area contributed by atoms with Gasteiger partial charge in [-0.2, -0.15) is 0 Å². The van der Waals surface area contributed by atoms with E-state index in [2.05, 4.69) is 0 Å². The second-order valence-corrected chi connectivity index (χ2v) is 6.19. The van der Waals surface area contributed by atoms with Gasteiger partial charge >= 0.3 is 0 Å². The number of hydrogen-bond donors (Lipinski definition) is 0. The molecule has 0 amide bonds. The van der Waals surface area contributed by atoms with E-state index in [0.29, 0.717) is 4.21 Å².